The molecule has 3 nitrogen and oxygen atoms in total. The molecule has 0 bridgehead atoms. The number of imidazole rings is 1. The van der Waals surface area contributed by atoms with E-state index >= 15 is 0 Å². The monoisotopic (exact) mass is 343 g/mol. The fourth-order valence-corrected chi connectivity index (χ4v) is 3.83. The maximum absolute atomic E-state index is 13.3. The van der Waals surface area contributed by atoms with Gasteiger partial charge in [0.25, 0.3) is 0 Å². The quantitative estimate of drug-likeness (QED) is 0.442. The summed E-state index contributed by atoms with van der Waals surface area (Å²) in [6.07, 6.45) is 5.00. The Morgan fingerprint density at radius 3 is 2.58 bits per heavy atom. The fourth-order valence-electron chi connectivity index (χ4n) is 3.83. The highest BCUT2D eigenvalue weighted by atomic mass is 19.1. The van der Waals surface area contributed by atoms with E-state index in [4.69, 9.17) is 4.98 Å². The number of benzene rings is 2. The van der Waals surface area contributed by atoms with Gasteiger partial charge in [-0.3, -0.25) is 0 Å². The smallest absolute Gasteiger partial charge is 0.161 e. The number of hydrogen-bond donors (Lipinski definition) is 0. The fraction of sp³-hybridized carbons (Fsp3) is 0.136. The molecule has 26 heavy (non-hydrogen) atoms. The SMILES string of the molecule is CCc1cnc2c3c(ccn12)c1ccccc1n3Cc1ccc(F)cc1. The summed E-state index contributed by atoms with van der Waals surface area (Å²) in [5.41, 5.74) is 5.52. The van der Waals surface area contributed by atoms with E-state index < -0.39 is 0 Å². The second-order valence-electron chi connectivity index (χ2n) is 6.60. The van der Waals surface area contributed by atoms with Crippen LogP contribution in [0.5, 0.6) is 0 Å². The number of hydrogen-bond acceptors (Lipinski definition) is 1. The van der Waals surface area contributed by atoms with Gasteiger partial charge >= 0.3 is 0 Å². The van der Waals surface area contributed by atoms with Gasteiger partial charge < -0.3 is 8.97 Å². The molecule has 0 amide bonds. The topological polar surface area (TPSA) is 22.2 Å². The van der Waals surface area contributed by atoms with Crippen LogP contribution in [0.1, 0.15) is 18.2 Å². The third kappa shape index (κ3) is 2.15. The number of rotatable bonds is 3. The first-order valence-electron chi connectivity index (χ1n) is 8.86. The number of aryl methyl sites for hydroxylation is 1. The first-order chi connectivity index (χ1) is 12.8. The zero-order valence-electron chi connectivity index (χ0n) is 14.5. The summed E-state index contributed by atoms with van der Waals surface area (Å²) < 4.78 is 17.8. The highest BCUT2D eigenvalue weighted by Gasteiger charge is 2.15. The molecule has 128 valence electrons. The number of halogens is 1. The highest BCUT2D eigenvalue weighted by Crippen LogP contribution is 2.32. The molecule has 4 heteroatoms. The highest BCUT2D eigenvalue weighted by molar-refractivity contribution is 6.12. The number of nitrogens with zero attached hydrogens (tertiary/aromatic N) is 3. The summed E-state index contributed by atoms with van der Waals surface area (Å²) >= 11 is 0. The molecule has 5 rings (SSSR count). The number of para-hydroxylation sites is 1. The normalized spacial score (nSPS) is 11.8. The molecular weight excluding hydrogens is 325 g/mol. The molecule has 0 unspecified atom stereocenters. The molecule has 0 spiro atoms. The van der Waals surface area contributed by atoms with Crippen molar-refractivity contribution in [2.75, 3.05) is 0 Å². The average Bonchev–Trinajstić information content (AvgIpc) is 3.23. The molecule has 0 saturated heterocycles. The summed E-state index contributed by atoms with van der Waals surface area (Å²) in [7, 11) is 0. The van der Waals surface area contributed by atoms with Crippen molar-refractivity contribution >= 4 is 27.5 Å². The second-order valence-corrected chi connectivity index (χ2v) is 6.60. The molecule has 0 radical (unpaired) electrons. The average molecular weight is 343 g/mol. The Morgan fingerprint density at radius 2 is 1.77 bits per heavy atom. The van der Waals surface area contributed by atoms with E-state index in [0.29, 0.717) is 6.54 Å². The maximum atomic E-state index is 13.3. The summed E-state index contributed by atoms with van der Waals surface area (Å²) in [4.78, 5) is 4.71. The molecule has 2 aromatic carbocycles. The second kappa shape index (κ2) is 5.70. The summed E-state index contributed by atoms with van der Waals surface area (Å²) in [6.45, 7) is 2.82. The molecule has 5 aromatic rings. The standard InChI is InChI=1S/C22H18FN3/c1-2-17-13-24-22-21-19(11-12-25(17)22)18-5-3-4-6-20(18)26(21)14-15-7-9-16(23)10-8-15/h3-13H,2,14H2,1H3. The zero-order valence-corrected chi connectivity index (χ0v) is 14.5. The molecule has 3 heterocycles. The third-order valence-corrected chi connectivity index (χ3v) is 5.10. The van der Waals surface area contributed by atoms with Gasteiger partial charge in [-0.05, 0) is 36.2 Å². The van der Waals surface area contributed by atoms with Gasteiger partial charge in [-0.1, -0.05) is 37.3 Å². The lowest BCUT2D eigenvalue weighted by Crippen LogP contribution is -2.01. The number of fused-ring (bicyclic) bond motifs is 5. The van der Waals surface area contributed by atoms with Crippen molar-refractivity contribution < 1.29 is 4.39 Å². The Hall–Kier alpha value is -3.14. The van der Waals surface area contributed by atoms with Crippen molar-refractivity contribution in [1.29, 1.82) is 0 Å². The van der Waals surface area contributed by atoms with Gasteiger partial charge in [-0.2, -0.15) is 0 Å². The Kier molecular flexibility index (Phi) is 3.32. The minimum Gasteiger partial charge on any atom is -0.333 e. The maximum Gasteiger partial charge on any atom is 0.161 e. The van der Waals surface area contributed by atoms with Crippen LogP contribution in [0, 0.1) is 5.82 Å². The van der Waals surface area contributed by atoms with E-state index in [1.54, 1.807) is 0 Å². The van der Waals surface area contributed by atoms with E-state index in [1.165, 1.54) is 34.1 Å². The molecular formula is C22H18FN3. The van der Waals surface area contributed by atoms with Crippen LogP contribution < -0.4 is 0 Å². The van der Waals surface area contributed by atoms with Crippen LogP contribution in [-0.2, 0) is 13.0 Å². The largest absolute Gasteiger partial charge is 0.333 e. The van der Waals surface area contributed by atoms with Crippen molar-refractivity contribution in [2.24, 2.45) is 0 Å². The van der Waals surface area contributed by atoms with Gasteiger partial charge in [0.1, 0.15) is 5.82 Å². The Labute approximate surface area is 150 Å². The van der Waals surface area contributed by atoms with Gasteiger partial charge in [0.15, 0.2) is 5.65 Å². The Morgan fingerprint density at radius 1 is 0.962 bits per heavy atom. The van der Waals surface area contributed by atoms with Crippen LogP contribution in [0.25, 0.3) is 27.5 Å². The first-order valence-corrected chi connectivity index (χ1v) is 8.86. The van der Waals surface area contributed by atoms with Gasteiger partial charge in [0, 0.05) is 40.9 Å². The van der Waals surface area contributed by atoms with Crippen LogP contribution in [0.2, 0.25) is 0 Å². The number of aromatic nitrogens is 3. The third-order valence-electron chi connectivity index (χ3n) is 5.10. The van der Waals surface area contributed by atoms with Crippen LogP contribution in [0.3, 0.4) is 0 Å². The van der Waals surface area contributed by atoms with E-state index in [1.807, 2.05) is 18.3 Å². The molecule has 0 N–H and O–H groups in total. The van der Waals surface area contributed by atoms with Gasteiger partial charge in [-0.15, -0.1) is 0 Å². The minimum absolute atomic E-state index is 0.209. The van der Waals surface area contributed by atoms with Crippen LogP contribution in [-0.4, -0.2) is 14.0 Å². The molecule has 0 aliphatic heterocycles. The molecule has 0 aliphatic carbocycles. The zero-order chi connectivity index (χ0) is 17.7. The lowest BCUT2D eigenvalue weighted by atomic mass is 10.2. The van der Waals surface area contributed by atoms with Gasteiger partial charge in [0.05, 0.1) is 5.52 Å². The van der Waals surface area contributed by atoms with Crippen molar-refractivity contribution in [2.45, 2.75) is 19.9 Å². The van der Waals surface area contributed by atoms with Gasteiger partial charge in [0.2, 0.25) is 0 Å². The van der Waals surface area contributed by atoms with Crippen LogP contribution in [0.15, 0.2) is 67.0 Å². The molecule has 0 atom stereocenters. The van der Waals surface area contributed by atoms with Crippen LogP contribution >= 0.6 is 0 Å². The predicted octanol–water partition coefficient (Wildman–Crippen LogP) is 5.19. The summed E-state index contributed by atoms with van der Waals surface area (Å²) in [5.74, 6) is -0.209. The van der Waals surface area contributed by atoms with Crippen molar-refractivity contribution in [3.63, 3.8) is 0 Å². The number of pyridine rings is 1. The molecule has 3 aromatic heterocycles. The van der Waals surface area contributed by atoms with Crippen molar-refractivity contribution in [1.82, 2.24) is 14.0 Å². The van der Waals surface area contributed by atoms with Crippen molar-refractivity contribution in [3.05, 3.63) is 84.1 Å². The van der Waals surface area contributed by atoms with Crippen molar-refractivity contribution in [3.8, 4) is 0 Å². The van der Waals surface area contributed by atoms with Gasteiger partial charge in [-0.25, -0.2) is 9.37 Å². The van der Waals surface area contributed by atoms with Crippen LogP contribution in [0.4, 0.5) is 4.39 Å². The molecule has 0 fully saturated rings. The predicted molar refractivity (Wildman–Crippen MR) is 103 cm³/mol. The summed E-state index contributed by atoms with van der Waals surface area (Å²) in [6, 6.07) is 17.3. The Bertz CT molecular complexity index is 1250. The summed E-state index contributed by atoms with van der Waals surface area (Å²) in [5, 5.41) is 2.41. The van der Waals surface area contributed by atoms with E-state index in [9.17, 15) is 4.39 Å². The minimum atomic E-state index is -0.209. The first kappa shape index (κ1) is 15.1. The molecule has 0 aliphatic rings. The van der Waals surface area contributed by atoms with E-state index in [0.717, 1.165) is 23.1 Å². The van der Waals surface area contributed by atoms with E-state index in [-0.39, 0.29) is 5.82 Å². The Balaban J connectivity index is 1.85. The lowest BCUT2D eigenvalue weighted by molar-refractivity contribution is 0.626. The molecule has 0 saturated carbocycles. The lowest BCUT2D eigenvalue weighted by Gasteiger charge is -2.09. The van der Waals surface area contributed by atoms with E-state index in [2.05, 4.69) is 52.4 Å².